The van der Waals surface area contributed by atoms with Crippen molar-refractivity contribution in [1.82, 2.24) is 5.48 Å². The normalized spacial score (nSPS) is 29.9. The fourth-order valence-electron chi connectivity index (χ4n) is 3.33. The van der Waals surface area contributed by atoms with Gasteiger partial charge in [-0.15, -0.1) is 0 Å². The minimum Gasteiger partial charge on any atom is -0.459 e. The molecule has 0 radical (unpaired) electrons. The molecule has 1 aliphatic rings. The lowest BCUT2D eigenvalue weighted by Crippen LogP contribution is -2.56. The van der Waals surface area contributed by atoms with E-state index in [1.165, 1.54) is 0 Å². The molecule has 1 saturated carbocycles. The molecule has 1 rings (SSSR count). The summed E-state index contributed by atoms with van der Waals surface area (Å²) in [6.45, 7) is 11.9. The summed E-state index contributed by atoms with van der Waals surface area (Å²) in [5, 5.41) is 9.39. The van der Waals surface area contributed by atoms with E-state index in [1.807, 2.05) is 6.92 Å². The number of ether oxygens (including phenoxy) is 1. The highest BCUT2D eigenvalue weighted by Gasteiger charge is 2.48. The van der Waals surface area contributed by atoms with E-state index in [1.54, 1.807) is 13.0 Å². The highest BCUT2D eigenvalue weighted by Crippen LogP contribution is 2.46. The molecule has 0 aromatic heterocycles. The number of hydrogen-bond acceptors (Lipinski definition) is 4. The average molecular weight is 269 g/mol. The van der Waals surface area contributed by atoms with Crippen molar-refractivity contribution in [3.8, 4) is 0 Å². The molecule has 4 heteroatoms. The van der Waals surface area contributed by atoms with Crippen molar-refractivity contribution in [2.75, 3.05) is 0 Å². The summed E-state index contributed by atoms with van der Waals surface area (Å²) >= 11 is 0. The van der Waals surface area contributed by atoms with Crippen molar-refractivity contribution in [2.45, 2.75) is 66.5 Å². The second-order valence-corrected chi connectivity index (χ2v) is 6.95. The zero-order valence-corrected chi connectivity index (χ0v) is 12.9. The maximum absolute atomic E-state index is 11.9. The second kappa shape index (κ2) is 5.63. The number of carbonyl (C=O) groups excluding carboxylic acids is 1. The fourth-order valence-corrected chi connectivity index (χ4v) is 3.33. The van der Waals surface area contributed by atoms with Gasteiger partial charge in [-0.3, -0.25) is 0 Å². The van der Waals surface area contributed by atoms with Gasteiger partial charge in [0.05, 0.1) is 0 Å². The van der Waals surface area contributed by atoms with Gasteiger partial charge in [-0.1, -0.05) is 33.8 Å². The van der Waals surface area contributed by atoms with E-state index < -0.39 is 0 Å². The Kier molecular flexibility index (Phi) is 4.80. The van der Waals surface area contributed by atoms with Gasteiger partial charge in [0.1, 0.15) is 6.10 Å². The van der Waals surface area contributed by atoms with Crippen LogP contribution in [-0.2, 0) is 9.53 Å². The summed E-state index contributed by atoms with van der Waals surface area (Å²) in [6, 6.07) is -0.0160. The predicted octanol–water partition coefficient (Wildman–Crippen LogP) is 3.06. The van der Waals surface area contributed by atoms with Crippen LogP contribution in [0.4, 0.5) is 0 Å². The topological polar surface area (TPSA) is 58.6 Å². The van der Waals surface area contributed by atoms with Gasteiger partial charge in [-0.25, -0.2) is 10.3 Å². The largest absolute Gasteiger partial charge is 0.459 e. The highest BCUT2D eigenvalue weighted by atomic mass is 16.5. The Hall–Kier alpha value is -0.870. The third kappa shape index (κ3) is 3.57. The van der Waals surface area contributed by atoms with E-state index >= 15 is 0 Å². The number of rotatable bonds is 3. The van der Waals surface area contributed by atoms with E-state index in [0.29, 0.717) is 5.57 Å². The van der Waals surface area contributed by atoms with Crippen molar-refractivity contribution >= 4 is 5.97 Å². The summed E-state index contributed by atoms with van der Waals surface area (Å²) in [5.74, 6) is -0.241. The third-order valence-corrected chi connectivity index (χ3v) is 4.23. The van der Waals surface area contributed by atoms with Gasteiger partial charge in [0.25, 0.3) is 0 Å². The standard InChI is InChI=1S/C15H27NO3/c1-7-10(2)12(17)19-11-8-14(3,4)13(16-18)15(5,6)9-11/h7,11,13,16,18H,8-9H2,1-6H3/b10-7-. The Morgan fingerprint density at radius 3 is 2.11 bits per heavy atom. The molecule has 2 N–H and O–H groups in total. The monoisotopic (exact) mass is 269 g/mol. The van der Waals surface area contributed by atoms with Gasteiger partial charge >= 0.3 is 5.97 Å². The van der Waals surface area contributed by atoms with Crippen LogP contribution in [0.15, 0.2) is 11.6 Å². The summed E-state index contributed by atoms with van der Waals surface area (Å²) in [4.78, 5) is 11.9. The van der Waals surface area contributed by atoms with Crippen molar-refractivity contribution in [3.63, 3.8) is 0 Å². The van der Waals surface area contributed by atoms with Gasteiger partial charge in [0, 0.05) is 11.6 Å². The smallest absolute Gasteiger partial charge is 0.333 e. The van der Waals surface area contributed by atoms with E-state index in [4.69, 9.17) is 4.74 Å². The van der Waals surface area contributed by atoms with Gasteiger partial charge in [-0.2, -0.15) is 0 Å². The zero-order chi connectivity index (χ0) is 14.8. The first kappa shape index (κ1) is 16.2. The number of esters is 1. The molecular weight excluding hydrogens is 242 g/mol. The molecule has 0 heterocycles. The molecule has 0 aromatic carbocycles. The lowest BCUT2D eigenvalue weighted by Gasteiger charge is -2.50. The molecule has 4 nitrogen and oxygen atoms in total. The quantitative estimate of drug-likeness (QED) is 0.469. The highest BCUT2D eigenvalue weighted by molar-refractivity contribution is 5.87. The Balaban J connectivity index is 2.83. The predicted molar refractivity (Wildman–Crippen MR) is 74.8 cm³/mol. The first-order valence-electron chi connectivity index (χ1n) is 6.87. The molecule has 1 aliphatic carbocycles. The first-order chi connectivity index (χ1) is 8.64. The molecule has 0 saturated heterocycles. The summed E-state index contributed by atoms with van der Waals surface area (Å²) in [7, 11) is 0. The first-order valence-corrected chi connectivity index (χ1v) is 6.87. The maximum Gasteiger partial charge on any atom is 0.333 e. The molecule has 0 atom stereocenters. The molecule has 0 aromatic rings. The zero-order valence-electron chi connectivity index (χ0n) is 12.9. The van der Waals surface area contributed by atoms with E-state index in [9.17, 15) is 10.0 Å². The Bertz CT molecular complexity index is 354. The lowest BCUT2D eigenvalue weighted by atomic mass is 9.60. The van der Waals surface area contributed by atoms with Gasteiger partial charge in [0.2, 0.25) is 0 Å². The molecular formula is C15H27NO3. The molecule has 0 unspecified atom stereocenters. The number of hydroxylamine groups is 1. The molecule has 110 valence electrons. The summed E-state index contributed by atoms with van der Waals surface area (Å²) < 4.78 is 5.59. The van der Waals surface area contributed by atoms with Crippen LogP contribution in [0.3, 0.4) is 0 Å². The van der Waals surface area contributed by atoms with Crippen LogP contribution in [0, 0.1) is 10.8 Å². The van der Waals surface area contributed by atoms with Crippen molar-refractivity contribution in [3.05, 3.63) is 11.6 Å². The fraction of sp³-hybridized carbons (Fsp3) is 0.800. The molecule has 0 bridgehead atoms. The van der Waals surface area contributed by atoms with Crippen LogP contribution in [0.1, 0.15) is 54.4 Å². The SMILES string of the molecule is C/C=C(/C)C(=O)OC1CC(C)(C)C(NO)C(C)(C)C1. The Labute approximate surface area is 116 Å². The molecule has 1 fully saturated rings. The van der Waals surface area contributed by atoms with Gasteiger partial charge in [-0.05, 0) is 37.5 Å². The maximum atomic E-state index is 11.9. The number of carbonyl (C=O) groups is 1. The van der Waals surface area contributed by atoms with Crippen LogP contribution < -0.4 is 5.48 Å². The minimum atomic E-state index is -0.241. The van der Waals surface area contributed by atoms with Crippen LogP contribution in [0.5, 0.6) is 0 Å². The van der Waals surface area contributed by atoms with Crippen LogP contribution >= 0.6 is 0 Å². The third-order valence-electron chi connectivity index (χ3n) is 4.23. The average Bonchev–Trinajstić information content (AvgIpc) is 2.24. The molecule has 0 spiro atoms. The van der Waals surface area contributed by atoms with E-state index in [2.05, 4.69) is 33.2 Å². The number of allylic oxidation sites excluding steroid dienone is 1. The van der Waals surface area contributed by atoms with Crippen molar-refractivity contribution in [1.29, 1.82) is 0 Å². The Morgan fingerprint density at radius 2 is 1.74 bits per heavy atom. The van der Waals surface area contributed by atoms with Crippen LogP contribution in [-0.4, -0.2) is 23.3 Å². The van der Waals surface area contributed by atoms with Gasteiger partial charge < -0.3 is 9.94 Å². The summed E-state index contributed by atoms with van der Waals surface area (Å²) in [6.07, 6.45) is 3.16. The second-order valence-electron chi connectivity index (χ2n) is 6.95. The van der Waals surface area contributed by atoms with E-state index in [-0.39, 0.29) is 28.9 Å². The van der Waals surface area contributed by atoms with Gasteiger partial charge in [0.15, 0.2) is 0 Å². The van der Waals surface area contributed by atoms with Crippen LogP contribution in [0.25, 0.3) is 0 Å². The van der Waals surface area contributed by atoms with Crippen molar-refractivity contribution in [2.24, 2.45) is 10.8 Å². The minimum absolute atomic E-state index is 0.0160. The number of nitrogens with one attached hydrogen (secondary N) is 1. The van der Waals surface area contributed by atoms with Crippen LogP contribution in [0.2, 0.25) is 0 Å². The molecule has 0 aliphatic heterocycles. The lowest BCUT2D eigenvalue weighted by molar-refractivity contribution is -0.155. The number of hydrogen-bond donors (Lipinski definition) is 2. The molecule has 0 amide bonds. The summed E-state index contributed by atoms with van der Waals surface area (Å²) in [5.41, 5.74) is 2.81. The molecule has 19 heavy (non-hydrogen) atoms. The Morgan fingerprint density at radius 1 is 1.26 bits per heavy atom. The van der Waals surface area contributed by atoms with Crippen molar-refractivity contribution < 1.29 is 14.7 Å². The van der Waals surface area contributed by atoms with E-state index in [0.717, 1.165) is 12.8 Å².